The summed E-state index contributed by atoms with van der Waals surface area (Å²) in [5.41, 5.74) is 2.09. The first kappa shape index (κ1) is 19.2. The van der Waals surface area contributed by atoms with Gasteiger partial charge in [-0.2, -0.15) is 0 Å². The number of hydrogen-bond donors (Lipinski definition) is 1. The molecule has 0 atom stereocenters. The van der Waals surface area contributed by atoms with Gasteiger partial charge >= 0.3 is 5.97 Å². The van der Waals surface area contributed by atoms with Crippen LogP contribution in [0.5, 0.6) is 0 Å². The van der Waals surface area contributed by atoms with E-state index in [0.29, 0.717) is 13.0 Å². The Kier molecular flexibility index (Phi) is 6.79. The lowest BCUT2D eigenvalue weighted by atomic mass is 10.1. The maximum absolute atomic E-state index is 13.4. The summed E-state index contributed by atoms with van der Waals surface area (Å²) in [7, 11) is 0. The van der Waals surface area contributed by atoms with Gasteiger partial charge in [0.05, 0.1) is 15.6 Å². The number of carbonyl (C=O) groups excluding carboxylic acids is 2. The zero-order chi connectivity index (χ0) is 18.4. The Morgan fingerprint density at radius 3 is 2.60 bits per heavy atom. The van der Waals surface area contributed by atoms with Crippen molar-refractivity contribution < 1.29 is 18.7 Å². The summed E-state index contributed by atoms with van der Waals surface area (Å²) in [5, 5.41) is 2.41. The molecular formula is C18H16Cl2FNO3. The van der Waals surface area contributed by atoms with Crippen molar-refractivity contribution >= 4 is 35.1 Å². The van der Waals surface area contributed by atoms with Crippen molar-refractivity contribution in [1.82, 2.24) is 5.32 Å². The predicted molar refractivity (Wildman–Crippen MR) is 94.6 cm³/mol. The number of carbonyl (C=O) groups is 2. The minimum absolute atomic E-state index is 0.0450. The highest BCUT2D eigenvalue weighted by molar-refractivity contribution is 6.36. The number of hydrogen-bond acceptors (Lipinski definition) is 3. The summed E-state index contributed by atoms with van der Waals surface area (Å²) in [6.45, 7) is 1.93. The van der Waals surface area contributed by atoms with Gasteiger partial charge in [0, 0.05) is 6.54 Å². The summed E-state index contributed by atoms with van der Waals surface area (Å²) < 4.78 is 18.2. The van der Waals surface area contributed by atoms with Crippen LogP contribution in [0.3, 0.4) is 0 Å². The van der Waals surface area contributed by atoms with Gasteiger partial charge in [0.2, 0.25) is 0 Å². The summed E-state index contributed by atoms with van der Waals surface area (Å²) in [5.74, 6) is -2.14. The minimum Gasteiger partial charge on any atom is -0.452 e. The van der Waals surface area contributed by atoms with E-state index in [-0.39, 0.29) is 15.6 Å². The van der Waals surface area contributed by atoms with Crippen molar-refractivity contribution in [2.75, 3.05) is 13.2 Å². The number of esters is 1. The van der Waals surface area contributed by atoms with Gasteiger partial charge in [-0.05, 0) is 36.6 Å². The normalized spacial score (nSPS) is 10.4. The molecule has 0 radical (unpaired) electrons. The molecule has 1 amide bonds. The second-order valence-electron chi connectivity index (χ2n) is 5.35. The molecule has 0 spiro atoms. The van der Waals surface area contributed by atoms with Crippen LogP contribution in [0.4, 0.5) is 4.39 Å². The number of aryl methyl sites for hydroxylation is 1. The van der Waals surface area contributed by atoms with E-state index in [0.717, 1.165) is 23.3 Å². The average Bonchev–Trinajstić information content (AvgIpc) is 2.57. The van der Waals surface area contributed by atoms with Gasteiger partial charge in [-0.25, -0.2) is 9.18 Å². The Morgan fingerprint density at radius 2 is 1.88 bits per heavy atom. The molecule has 2 aromatic carbocycles. The maximum atomic E-state index is 13.4. The molecule has 0 aliphatic heterocycles. The van der Waals surface area contributed by atoms with E-state index in [1.54, 1.807) is 0 Å². The molecular weight excluding hydrogens is 368 g/mol. The quantitative estimate of drug-likeness (QED) is 0.606. The summed E-state index contributed by atoms with van der Waals surface area (Å²) >= 11 is 11.4. The fourth-order valence-corrected chi connectivity index (χ4v) is 2.63. The van der Waals surface area contributed by atoms with Gasteiger partial charge in [-0.3, -0.25) is 4.79 Å². The van der Waals surface area contributed by atoms with E-state index in [1.165, 1.54) is 0 Å². The Bertz CT molecular complexity index is 796. The molecule has 2 rings (SSSR count). The Hall–Kier alpha value is -2.11. The van der Waals surface area contributed by atoms with Crippen molar-refractivity contribution in [3.8, 4) is 0 Å². The van der Waals surface area contributed by atoms with E-state index in [9.17, 15) is 14.0 Å². The lowest BCUT2D eigenvalue weighted by Crippen LogP contribution is -2.30. The number of halogens is 3. The fourth-order valence-electron chi connectivity index (χ4n) is 2.17. The smallest absolute Gasteiger partial charge is 0.340 e. The molecule has 4 nitrogen and oxygen atoms in total. The van der Waals surface area contributed by atoms with Gasteiger partial charge in [-0.1, -0.05) is 47.5 Å². The van der Waals surface area contributed by atoms with Gasteiger partial charge < -0.3 is 10.1 Å². The highest BCUT2D eigenvalue weighted by atomic mass is 35.5. The van der Waals surface area contributed by atoms with Crippen LogP contribution < -0.4 is 5.32 Å². The van der Waals surface area contributed by atoms with Crippen LogP contribution in [-0.4, -0.2) is 25.0 Å². The van der Waals surface area contributed by atoms with E-state index in [4.69, 9.17) is 27.9 Å². The Balaban J connectivity index is 1.81. The molecule has 1 N–H and O–H groups in total. The third-order valence-electron chi connectivity index (χ3n) is 3.54. The summed E-state index contributed by atoms with van der Waals surface area (Å²) in [4.78, 5) is 23.6. The van der Waals surface area contributed by atoms with Crippen molar-refractivity contribution in [2.24, 2.45) is 0 Å². The summed E-state index contributed by atoms with van der Waals surface area (Å²) in [6, 6.07) is 9.84. The monoisotopic (exact) mass is 383 g/mol. The van der Waals surface area contributed by atoms with Gasteiger partial charge in [-0.15, -0.1) is 0 Å². The lowest BCUT2D eigenvalue weighted by Gasteiger charge is -2.09. The van der Waals surface area contributed by atoms with E-state index < -0.39 is 24.3 Å². The minimum atomic E-state index is -0.894. The van der Waals surface area contributed by atoms with Crippen LogP contribution in [0.25, 0.3) is 0 Å². The Labute approximate surface area is 154 Å². The molecule has 132 valence electrons. The fraction of sp³-hybridized carbons (Fsp3) is 0.222. The van der Waals surface area contributed by atoms with Gasteiger partial charge in [0.25, 0.3) is 5.91 Å². The first-order valence-electron chi connectivity index (χ1n) is 7.51. The molecule has 0 bridgehead atoms. The number of ether oxygens (including phenoxy) is 1. The maximum Gasteiger partial charge on any atom is 0.340 e. The SMILES string of the molecule is Cc1ccccc1CCNC(=O)COC(=O)c1cc(F)c(Cl)cc1Cl. The number of benzene rings is 2. The third-order valence-corrected chi connectivity index (χ3v) is 4.14. The molecule has 25 heavy (non-hydrogen) atoms. The molecule has 7 heteroatoms. The van der Waals surface area contributed by atoms with E-state index in [1.807, 2.05) is 31.2 Å². The molecule has 0 unspecified atom stereocenters. The van der Waals surface area contributed by atoms with Crippen LogP contribution in [0.1, 0.15) is 21.5 Å². The molecule has 2 aromatic rings. The first-order chi connectivity index (χ1) is 11.9. The van der Waals surface area contributed by atoms with Crippen LogP contribution in [0, 0.1) is 12.7 Å². The van der Waals surface area contributed by atoms with Crippen molar-refractivity contribution in [1.29, 1.82) is 0 Å². The number of rotatable bonds is 6. The molecule has 0 saturated carbocycles. The molecule has 0 aliphatic carbocycles. The number of amides is 1. The second kappa shape index (κ2) is 8.83. The zero-order valence-electron chi connectivity index (χ0n) is 13.4. The lowest BCUT2D eigenvalue weighted by molar-refractivity contribution is -0.124. The predicted octanol–water partition coefficient (Wildman–Crippen LogP) is 3.96. The first-order valence-corrected chi connectivity index (χ1v) is 8.27. The van der Waals surface area contributed by atoms with Crippen molar-refractivity contribution in [3.63, 3.8) is 0 Å². The van der Waals surface area contributed by atoms with Gasteiger partial charge in [0.15, 0.2) is 6.61 Å². The van der Waals surface area contributed by atoms with Crippen LogP contribution in [0.15, 0.2) is 36.4 Å². The highest BCUT2D eigenvalue weighted by Crippen LogP contribution is 2.24. The van der Waals surface area contributed by atoms with Crippen molar-refractivity contribution in [2.45, 2.75) is 13.3 Å². The average molecular weight is 384 g/mol. The second-order valence-corrected chi connectivity index (χ2v) is 6.16. The topological polar surface area (TPSA) is 55.4 Å². The van der Waals surface area contributed by atoms with Crippen LogP contribution in [-0.2, 0) is 16.0 Å². The van der Waals surface area contributed by atoms with E-state index in [2.05, 4.69) is 5.32 Å². The molecule has 0 fully saturated rings. The standard InChI is InChI=1S/C18H16Cl2FNO3/c1-11-4-2-3-5-12(11)6-7-22-17(23)10-25-18(24)13-8-16(21)15(20)9-14(13)19/h2-5,8-9H,6-7,10H2,1H3,(H,22,23). The third kappa shape index (κ3) is 5.44. The van der Waals surface area contributed by atoms with E-state index >= 15 is 0 Å². The van der Waals surface area contributed by atoms with Crippen LogP contribution in [0.2, 0.25) is 10.0 Å². The molecule has 0 saturated heterocycles. The van der Waals surface area contributed by atoms with Gasteiger partial charge in [0.1, 0.15) is 5.82 Å². The molecule has 0 aliphatic rings. The number of nitrogens with one attached hydrogen (secondary N) is 1. The summed E-state index contributed by atoms with van der Waals surface area (Å²) in [6.07, 6.45) is 0.667. The largest absolute Gasteiger partial charge is 0.452 e. The molecule has 0 heterocycles. The molecule has 0 aromatic heterocycles. The van der Waals surface area contributed by atoms with Crippen LogP contribution >= 0.6 is 23.2 Å². The van der Waals surface area contributed by atoms with Crippen molar-refractivity contribution in [3.05, 3.63) is 69.0 Å². The highest BCUT2D eigenvalue weighted by Gasteiger charge is 2.16. The zero-order valence-corrected chi connectivity index (χ0v) is 15.0. The Morgan fingerprint density at radius 1 is 1.16 bits per heavy atom.